The van der Waals surface area contributed by atoms with Crippen LogP contribution >= 0.6 is 11.8 Å². The van der Waals surface area contributed by atoms with E-state index in [1.54, 1.807) is 0 Å². The fourth-order valence-corrected chi connectivity index (χ4v) is 2.48. The summed E-state index contributed by atoms with van der Waals surface area (Å²) in [7, 11) is 0. The van der Waals surface area contributed by atoms with Gasteiger partial charge in [-0.3, -0.25) is 0 Å². The van der Waals surface area contributed by atoms with Gasteiger partial charge in [0.05, 0.1) is 4.90 Å². The minimum Gasteiger partial charge on any atom is -0.383 e. The van der Waals surface area contributed by atoms with Crippen molar-refractivity contribution >= 4 is 23.4 Å². The molecule has 2 rings (SSSR count). The van der Waals surface area contributed by atoms with Gasteiger partial charge in [0.1, 0.15) is 23.3 Å². The average molecular weight is 311 g/mol. The zero-order chi connectivity index (χ0) is 15.4. The van der Waals surface area contributed by atoms with Gasteiger partial charge in [0.2, 0.25) is 0 Å². The standard InChI is InChI=1S/C13H15F2N5S/c1-2-18-6-7-3-8(14)12(9(15)4-7)21-13-19-10(16)5-11(17)20-13/h3-5,18H,2,6H2,1H3,(H4,16,17,19,20). The van der Waals surface area contributed by atoms with Crippen molar-refractivity contribution in [1.29, 1.82) is 0 Å². The summed E-state index contributed by atoms with van der Waals surface area (Å²) in [5.74, 6) is -1.04. The molecule has 0 saturated carbocycles. The summed E-state index contributed by atoms with van der Waals surface area (Å²) in [5, 5.41) is 3.11. The van der Waals surface area contributed by atoms with Crippen LogP contribution < -0.4 is 16.8 Å². The molecule has 1 aromatic heterocycles. The summed E-state index contributed by atoms with van der Waals surface area (Å²) in [6.07, 6.45) is 0. The summed E-state index contributed by atoms with van der Waals surface area (Å²) >= 11 is 0.749. The van der Waals surface area contributed by atoms with E-state index in [1.165, 1.54) is 18.2 Å². The predicted molar refractivity (Wildman–Crippen MR) is 78.7 cm³/mol. The second kappa shape index (κ2) is 6.68. The molecule has 112 valence electrons. The fourth-order valence-electron chi connectivity index (χ4n) is 1.68. The van der Waals surface area contributed by atoms with Gasteiger partial charge in [0.15, 0.2) is 5.16 Å². The van der Waals surface area contributed by atoms with Crippen LogP contribution in [0.15, 0.2) is 28.3 Å². The third-order valence-corrected chi connectivity index (χ3v) is 3.54. The number of rotatable bonds is 5. The molecule has 0 radical (unpaired) electrons. The number of nitrogens with zero attached hydrogens (tertiary/aromatic N) is 2. The first-order chi connectivity index (χ1) is 9.99. The van der Waals surface area contributed by atoms with Crippen LogP contribution in [-0.4, -0.2) is 16.5 Å². The number of hydrogen-bond acceptors (Lipinski definition) is 6. The lowest BCUT2D eigenvalue weighted by molar-refractivity contribution is 0.534. The predicted octanol–water partition coefficient (Wildman–Crippen LogP) is 2.18. The molecule has 5 N–H and O–H groups in total. The summed E-state index contributed by atoms with van der Waals surface area (Å²) < 4.78 is 28.0. The molecule has 0 bridgehead atoms. The Labute approximate surface area is 125 Å². The van der Waals surface area contributed by atoms with Crippen LogP contribution in [-0.2, 0) is 6.54 Å². The van der Waals surface area contributed by atoms with Crippen LogP contribution in [0.3, 0.4) is 0 Å². The van der Waals surface area contributed by atoms with Gasteiger partial charge < -0.3 is 16.8 Å². The second-order valence-corrected chi connectivity index (χ2v) is 5.25. The number of hydrogen-bond donors (Lipinski definition) is 3. The van der Waals surface area contributed by atoms with Crippen molar-refractivity contribution in [2.75, 3.05) is 18.0 Å². The van der Waals surface area contributed by atoms with Gasteiger partial charge >= 0.3 is 0 Å². The van der Waals surface area contributed by atoms with E-state index in [0.29, 0.717) is 12.1 Å². The molecular weight excluding hydrogens is 296 g/mol. The number of aromatic nitrogens is 2. The molecule has 0 aliphatic rings. The van der Waals surface area contributed by atoms with Gasteiger partial charge in [0, 0.05) is 12.6 Å². The van der Waals surface area contributed by atoms with Gasteiger partial charge in [-0.05, 0) is 36.0 Å². The highest BCUT2D eigenvalue weighted by Crippen LogP contribution is 2.31. The highest BCUT2D eigenvalue weighted by atomic mass is 32.2. The molecular formula is C13H15F2N5S. The Bertz CT molecular complexity index is 607. The number of nitrogens with two attached hydrogens (primary N) is 2. The molecule has 0 saturated heterocycles. The number of anilines is 2. The maximum Gasteiger partial charge on any atom is 0.196 e. The zero-order valence-electron chi connectivity index (χ0n) is 11.4. The van der Waals surface area contributed by atoms with Crippen LogP contribution in [0.25, 0.3) is 0 Å². The molecule has 1 aromatic carbocycles. The van der Waals surface area contributed by atoms with Crippen molar-refractivity contribution in [1.82, 2.24) is 15.3 Å². The monoisotopic (exact) mass is 311 g/mol. The first kappa shape index (κ1) is 15.5. The molecule has 8 heteroatoms. The molecule has 1 heterocycles. The van der Waals surface area contributed by atoms with E-state index in [-0.39, 0.29) is 21.7 Å². The molecule has 0 fully saturated rings. The van der Waals surface area contributed by atoms with E-state index in [2.05, 4.69) is 15.3 Å². The van der Waals surface area contributed by atoms with Gasteiger partial charge in [-0.1, -0.05) is 6.92 Å². The van der Waals surface area contributed by atoms with Crippen molar-refractivity contribution in [3.63, 3.8) is 0 Å². The Kier molecular flexibility index (Phi) is 4.92. The summed E-state index contributed by atoms with van der Waals surface area (Å²) in [6.45, 7) is 3.03. The molecule has 0 unspecified atom stereocenters. The Balaban J connectivity index is 2.27. The smallest absolute Gasteiger partial charge is 0.196 e. The molecule has 0 aliphatic heterocycles. The molecule has 0 spiro atoms. The third-order valence-electron chi connectivity index (χ3n) is 2.58. The van der Waals surface area contributed by atoms with Crippen LogP contribution in [0.1, 0.15) is 12.5 Å². The van der Waals surface area contributed by atoms with Gasteiger partial charge in [0.25, 0.3) is 0 Å². The maximum absolute atomic E-state index is 14.0. The number of nitrogens with one attached hydrogen (secondary N) is 1. The van der Waals surface area contributed by atoms with Crippen molar-refractivity contribution in [3.8, 4) is 0 Å². The SMILES string of the molecule is CCNCc1cc(F)c(Sc2nc(N)cc(N)n2)c(F)c1. The zero-order valence-corrected chi connectivity index (χ0v) is 12.2. The summed E-state index contributed by atoms with van der Waals surface area (Å²) in [4.78, 5) is 7.59. The van der Waals surface area contributed by atoms with E-state index in [1.807, 2.05) is 6.92 Å². The average Bonchev–Trinajstić information content (AvgIpc) is 2.39. The topological polar surface area (TPSA) is 89.8 Å². The number of halogens is 2. The molecule has 5 nitrogen and oxygen atoms in total. The van der Waals surface area contributed by atoms with Crippen LogP contribution in [0.5, 0.6) is 0 Å². The van der Waals surface area contributed by atoms with Crippen LogP contribution in [0.4, 0.5) is 20.4 Å². The highest BCUT2D eigenvalue weighted by molar-refractivity contribution is 7.99. The van der Waals surface area contributed by atoms with Crippen LogP contribution in [0, 0.1) is 11.6 Å². The van der Waals surface area contributed by atoms with Crippen molar-refractivity contribution in [3.05, 3.63) is 35.4 Å². The molecule has 0 aliphatic carbocycles. The minimum absolute atomic E-state index is 0.102. The van der Waals surface area contributed by atoms with E-state index in [4.69, 9.17) is 11.5 Å². The van der Waals surface area contributed by atoms with Gasteiger partial charge in [-0.25, -0.2) is 18.7 Å². The van der Waals surface area contributed by atoms with Crippen molar-refractivity contribution in [2.24, 2.45) is 0 Å². The van der Waals surface area contributed by atoms with E-state index < -0.39 is 11.6 Å². The van der Waals surface area contributed by atoms with Gasteiger partial charge in [-0.15, -0.1) is 0 Å². The Morgan fingerprint density at radius 3 is 2.19 bits per heavy atom. The van der Waals surface area contributed by atoms with Gasteiger partial charge in [-0.2, -0.15) is 0 Å². The second-order valence-electron chi connectivity index (χ2n) is 4.27. The largest absolute Gasteiger partial charge is 0.383 e. The minimum atomic E-state index is -0.669. The normalized spacial score (nSPS) is 10.8. The van der Waals surface area contributed by atoms with Crippen molar-refractivity contribution in [2.45, 2.75) is 23.5 Å². The summed E-state index contributed by atoms with van der Waals surface area (Å²) in [6, 6.07) is 3.93. The number of benzene rings is 1. The Morgan fingerprint density at radius 2 is 1.67 bits per heavy atom. The molecule has 2 aromatic rings. The van der Waals surface area contributed by atoms with Crippen molar-refractivity contribution < 1.29 is 8.78 Å². The number of nitrogen functional groups attached to an aromatic ring is 2. The van der Waals surface area contributed by atoms with E-state index in [0.717, 1.165) is 18.3 Å². The molecule has 0 amide bonds. The quantitative estimate of drug-likeness (QED) is 0.733. The molecule has 0 atom stereocenters. The lowest BCUT2D eigenvalue weighted by Gasteiger charge is -2.08. The Hall–Kier alpha value is -1.93. The third kappa shape index (κ3) is 4.02. The highest BCUT2D eigenvalue weighted by Gasteiger charge is 2.15. The lowest BCUT2D eigenvalue weighted by atomic mass is 10.2. The lowest BCUT2D eigenvalue weighted by Crippen LogP contribution is -2.12. The molecule has 21 heavy (non-hydrogen) atoms. The van der Waals surface area contributed by atoms with E-state index in [9.17, 15) is 8.78 Å². The van der Waals surface area contributed by atoms with E-state index >= 15 is 0 Å². The first-order valence-electron chi connectivity index (χ1n) is 6.26. The fraction of sp³-hybridized carbons (Fsp3) is 0.231. The summed E-state index contributed by atoms with van der Waals surface area (Å²) in [5.41, 5.74) is 11.6. The van der Waals surface area contributed by atoms with Crippen LogP contribution in [0.2, 0.25) is 0 Å². The maximum atomic E-state index is 14.0. The first-order valence-corrected chi connectivity index (χ1v) is 7.07. The Morgan fingerprint density at radius 1 is 1.10 bits per heavy atom.